The number of nitrogens with zero attached hydrogens (tertiary/aromatic N) is 3. The fourth-order valence-electron chi connectivity index (χ4n) is 16.6. The van der Waals surface area contributed by atoms with Gasteiger partial charge in [-0.1, -0.05) is 219 Å². The van der Waals surface area contributed by atoms with Crippen molar-refractivity contribution >= 4 is 90.5 Å². The number of rotatable bonds is 6. The van der Waals surface area contributed by atoms with E-state index < -0.39 is 0 Å². The first-order valence-electron chi connectivity index (χ1n) is 32.5. The van der Waals surface area contributed by atoms with E-state index in [4.69, 9.17) is 4.42 Å². The second-order valence-corrected chi connectivity index (χ2v) is 31.6. The van der Waals surface area contributed by atoms with E-state index in [0.29, 0.717) is 0 Å². The highest BCUT2D eigenvalue weighted by molar-refractivity contribution is 7.00. The van der Waals surface area contributed by atoms with Gasteiger partial charge in [-0.2, -0.15) is 0 Å². The Morgan fingerprint density at radius 3 is 1.68 bits per heavy atom. The molecule has 0 saturated heterocycles. The van der Waals surface area contributed by atoms with Crippen LogP contribution >= 0.6 is 0 Å². The minimum atomic E-state index is -0.182. The molecule has 2 atom stereocenters. The van der Waals surface area contributed by atoms with E-state index >= 15 is 0 Å². The first-order valence-corrected chi connectivity index (χ1v) is 32.5. The summed E-state index contributed by atoms with van der Waals surface area (Å²) < 4.78 is 7.07. The van der Waals surface area contributed by atoms with Crippen molar-refractivity contribution in [1.82, 2.24) is 0 Å². The molecule has 10 aromatic rings. The topological polar surface area (TPSA) is 22.9 Å². The monoisotopic (exact) mass is 1140 g/mol. The van der Waals surface area contributed by atoms with Gasteiger partial charge in [-0.15, -0.1) is 0 Å². The van der Waals surface area contributed by atoms with Crippen molar-refractivity contribution in [3.8, 4) is 22.3 Å². The standard InChI is InChI=1S/C82H86BN3O/c1-76(2,3)53-30-34-56(35-31-53)84(57-36-32-54(33-37-57)77(4,5)6)58-38-39-66-69(48-58)85(68-50-64-63(79(10,11)42-43-80(64,12)13)49-62(68)51-24-17-16-18-25-51)70-44-52(59-27-23-28-61-60-26-19-20-29-72(60)87-75(59)61)45-71-73(70)83(66)67-47-55(78(7,8)9)46-65-74(67)86(71)82(15)41-22-21-40-81(65,82)14/h16-20,23-39,44-50H,21-22,40-43H2,1-15H3. The molecule has 0 N–H and O–H groups in total. The number of fused-ring (bicyclic) bond motifs is 11. The van der Waals surface area contributed by atoms with Crippen LogP contribution in [0.15, 0.2) is 180 Å². The summed E-state index contributed by atoms with van der Waals surface area (Å²) in [5.41, 5.74) is 28.6. The molecule has 0 radical (unpaired) electrons. The maximum absolute atomic E-state index is 7.07. The highest BCUT2D eigenvalue weighted by atomic mass is 16.3. The Labute approximate surface area is 518 Å². The van der Waals surface area contributed by atoms with Crippen LogP contribution in [0.4, 0.5) is 45.5 Å². The van der Waals surface area contributed by atoms with Gasteiger partial charge in [-0.25, -0.2) is 0 Å². The summed E-state index contributed by atoms with van der Waals surface area (Å²) in [6.07, 6.45) is 6.95. The third kappa shape index (κ3) is 8.36. The van der Waals surface area contributed by atoms with Crippen LogP contribution in [-0.2, 0) is 32.5 Å². The summed E-state index contributed by atoms with van der Waals surface area (Å²) >= 11 is 0. The summed E-state index contributed by atoms with van der Waals surface area (Å²) in [7, 11) is 0. The Hall–Kier alpha value is -7.76. The Morgan fingerprint density at radius 2 is 1.02 bits per heavy atom. The van der Waals surface area contributed by atoms with Gasteiger partial charge in [0, 0.05) is 67.1 Å². The quantitative estimate of drug-likeness (QED) is 0.155. The van der Waals surface area contributed by atoms with E-state index in [-0.39, 0.29) is 44.7 Å². The highest BCUT2D eigenvalue weighted by Gasteiger charge is 2.62. The second kappa shape index (κ2) is 18.9. The maximum Gasteiger partial charge on any atom is 0.252 e. The number of furan rings is 1. The van der Waals surface area contributed by atoms with Gasteiger partial charge in [-0.05, 0) is 187 Å². The van der Waals surface area contributed by atoms with Crippen LogP contribution in [0, 0.1) is 0 Å². The van der Waals surface area contributed by atoms with Crippen molar-refractivity contribution in [3.63, 3.8) is 0 Å². The van der Waals surface area contributed by atoms with E-state index in [1.54, 1.807) is 0 Å². The zero-order chi connectivity index (χ0) is 60.7. The largest absolute Gasteiger partial charge is 0.455 e. The Bertz CT molecular complexity index is 4390. The molecule has 0 spiro atoms. The van der Waals surface area contributed by atoms with Crippen LogP contribution in [0.1, 0.15) is 176 Å². The van der Waals surface area contributed by atoms with E-state index in [1.165, 1.54) is 108 Å². The van der Waals surface area contributed by atoms with Crippen LogP contribution in [-0.4, -0.2) is 12.3 Å². The lowest BCUT2D eigenvalue weighted by Gasteiger charge is -2.53. The second-order valence-electron chi connectivity index (χ2n) is 31.6. The van der Waals surface area contributed by atoms with Gasteiger partial charge in [0.05, 0.1) is 11.2 Å². The molecule has 2 unspecified atom stereocenters. The van der Waals surface area contributed by atoms with Crippen LogP contribution in [0.3, 0.4) is 0 Å². The molecule has 1 fully saturated rings. The van der Waals surface area contributed by atoms with Gasteiger partial charge < -0.3 is 19.1 Å². The van der Waals surface area contributed by atoms with Crippen molar-refractivity contribution < 1.29 is 4.42 Å². The lowest BCUT2D eigenvalue weighted by molar-refractivity contribution is 0.195. The smallest absolute Gasteiger partial charge is 0.252 e. The van der Waals surface area contributed by atoms with Gasteiger partial charge >= 0.3 is 0 Å². The van der Waals surface area contributed by atoms with Crippen molar-refractivity contribution in [3.05, 3.63) is 209 Å². The predicted molar refractivity (Wildman–Crippen MR) is 373 cm³/mol. The summed E-state index contributed by atoms with van der Waals surface area (Å²) in [4.78, 5) is 8.19. The SMILES string of the molecule is CC(C)(C)c1ccc(N(c2ccc(C(C)(C)C)cc2)c2ccc3c(c2)N(c2cc4c(cc2-c2ccccc2)C(C)(C)CCC4(C)C)c2cc(-c4cccc5c4oc4ccccc45)cc4c2B3c2cc(C(C)(C)C)cc3c2N4C2(C)CCCCC32C)cc1. The minimum absolute atomic E-state index is 0.00680. The molecule has 4 heterocycles. The average molecular weight is 1140 g/mol. The van der Waals surface area contributed by atoms with Crippen molar-refractivity contribution in [2.75, 3.05) is 14.7 Å². The van der Waals surface area contributed by atoms with E-state index in [9.17, 15) is 0 Å². The van der Waals surface area contributed by atoms with Gasteiger partial charge in [-0.3, -0.25) is 0 Å². The molecular formula is C82H86BN3O. The van der Waals surface area contributed by atoms with Gasteiger partial charge in [0.25, 0.3) is 6.71 Å². The van der Waals surface area contributed by atoms with Crippen LogP contribution in [0.2, 0.25) is 0 Å². The normalized spacial score (nSPS) is 19.8. The number of hydrogen-bond acceptors (Lipinski definition) is 4. The molecule has 5 heteroatoms. The molecule has 0 bridgehead atoms. The molecule has 1 aromatic heterocycles. The molecule has 438 valence electrons. The molecule has 15 rings (SSSR count). The highest BCUT2D eigenvalue weighted by Crippen LogP contribution is 2.63. The fraction of sp³-hybridized carbons (Fsp3) is 0.341. The Morgan fingerprint density at radius 1 is 0.437 bits per heavy atom. The van der Waals surface area contributed by atoms with Crippen molar-refractivity contribution in [1.29, 1.82) is 0 Å². The lowest BCUT2D eigenvalue weighted by Crippen LogP contribution is -2.64. The molecule has 1 saturated carbocycles. The molecular weight excluding hydrogens is 1050 g/mol. The lowest BCUT2D eigenvalue weighted by atomic mass is 9.33. The van der Waals surface area contributed by atoms with Crippen molar-refractivity contribution in [2.24, 2.45) is 0 Å². The predicted octanol–water partition coefficient (Wildman–Crippen LogP) is 21.0. The molecule has 87 heavy (non-hydrogen) atoms. The molecule has 2 aliphatic carbocycles. The van der Waals surface area contributed by atoms with E-state index in [2.05, 4.69) is 294 Å². The maximum atomic E-state index is 7.07. The Kier molecular flexibility index (Phi) is 12.1. The summed E-state index contributed by atoms with van der Waals surface area (Å²) in [5.74, 6) is 0. The van der Waals surface area contributed by atoms with Crippen LogP contribution < -0.4 is 31.1 Å². The Balaban J connectivity index is 1.10. The number of para-hydroxylation sites is 2. The number of anilines is 8. The first-order chi connectivity index (χ1) is 41.2. The number of hydrogen-bond donors (Lipinski definition) is 0. The van der Waals surface area contributed by atoms with E-state index in [0.717, 1.165) is 70.2 Å². The minimum Gasteiger partial charge on any atom is -0.455 e. The van der Waals surface area contributed by atoms with Crippen LogP contribution in [0.25, 0.3) is 44.2 Å². The average Bonchev–Trinajstić information content (AvgIpc) is 1.57. The fourth-order valence-corrected chi connectivity index (χ4v) is 16.6. The first kappa shape index (κ1) is 55.8. The van der Waals surface area contributed by atoms with Crippen molar-refractivity contribution in [2.45, 2.75) is 180 Å². The van der Waals surface area contributed by atoms with Crippen LogP contribution in [0.5, 0.6) is 0 Å². The summed E-state index contributed by atoms with van der Waals surface area (Å²) in [5, 5.41) is 2.29. The molecule has 4 nitrogen and oxygen atoms in total. The molecule has 0 amide bonds. The third-order valence-corrected chi connectivity index (χ3v) is 22.1. The van der Waals surface area contributed by atoms with Gasteiger partial charge in [0.15, 0.2) is 0 Å². The van der Waals surface area contributed by atoms with E-state index in [1.807, 2.05) is 0 Å². The van der Waals surface area contributed by atoms with Gasteiger partial charge in [0.1, 0.15) is 11.2 Å². The molecule has 5 aliphatic rings. The third-order valence-electron chi connectivity index (χ3n) is 22.1. The number of benzene rings is 9. The molecule has 3 aliphatic heterocycles. The summed E-state index contributed by atoms with van der Waals surface area (Å²) in [6, 6.07) is 68.8. The zero-order valence-corrected chi connectivity index (χ0v) is 54.3. The zero-order valence-electron chi connectivity index (χ0n) is 54.3. The molecule has 9 aromatic carbocycles. The van der Waals surface area contributed by atoms with Gasteiger partial charge in [0.2, 0.25) is 0 Å². The summed E-state index contributed by atoms with van der Waals surface area (Å²) in [6.45, 7) is 36.3.